The number of ketones is 1. The first-order valence-corrected chi connectivity index (χ1v) is 10.4. The number of dihydropyridines is 1. The fourth-order valence-corrected chi connectivity index (χ4v) is 4.39. The molecule has 1 aromatic carbocycles. The van der Waals surface area contributed by atoms with Crippen LogP contribution < -0.4 is 5.32 Å². The van der Waals surface area contributed by atoms with Crippen LogP contribution in [0.1, 0.15) is 56.7 Å². The first-order chi connectivity index (χ1) is 14.5. The van der Waals surface area contributed by atoms with Crippen molar-refractivity contribution >= 4 is 11.8 Å². The number of nitrogens with zero attached hydrogens (tertiary/aromatic N) is 1. The van der Waals surface area contributed by atoms with Crippen molar-refractivity contribution in [3.05, 3.63) is 88.5 Å². The Morgan fingerprint density at radius 1 is 1.10 bits per heavy atom. The molecule has 0 bridgehead atoms. The summed E-state index contributed by atoms with van der Waals surface area (Å²) < 4.78 is 5.52. The molecule has 0 saturated heterocycles. The molecule has 5 nitrogen and oxygen atoms in total. The molecule has 2 atom stereocenters. The van der Waals surface area contributed by atoms with Gasteiger partial charge in [0, 0.05) is 29.6 Å². The lowest BCUT2D eigenvalue weighted by Crippen LogP contribution is -2.36. The number of hydrogen-bond donors (Lipinski definition) is 1. The molecule has 2 heterocycles. The zero-order valence-corrected chi connectivity index (χ0v) is 17.5. The minimum Gasteiger partial charge on any atom is -0.460 e. The summed E-state index contributed by atoms with van der Waals surface area (Å²) in [6.45, 7) is 5.51. The maximum atomic E-state index is 13.4. The van der Waals surface area contributed by atoms with Gasteiger partial charge in [0.2, 0.25) is 0 Å². The summed E-state index contributed by atoms with van der Waals surface area (Å²) >= 11 is 0. The Bertz CT molecular complexity index is 1020. The standard InChI is InChI=1S/C25H26N2O3/c1-15(2)30-25(29)22-16(3)27-20-13-18(17-9-5-4-6-10-17)14-21(28)23(20)24(22)19-11-7-8-12-26-19/h4-12,15,18,24,27H,13-14H2,1-3H3/t18-,24+/m0/s1. The number of benzene rings is 1. The highest BCUT2D eigenvalue weighted by Gasteiger charge is 2.42. The van der Waals surface area contributed by atoms with E-state index in [1.807, 2.05) is 57.2 Å². The van der Waals surface area contributed by atoms with E-state index in [9.17, 15) is 9.59 Å². The van der Waals surface area contributed by atoms with Gasteiger partial charge >= 0.3 is 5.97 Å². The lowest BCUT2D eigenvalue weighted by atomic mass is 9.73. The molecule has 30 heavy (non-hydrogen) atoms. The van der Waals surface area contributed by atoms with Crippen molar-refractivity contribution in [2.75, 3.05) is 0 Å². The Balaban J connectivity index is 1.78. The minimum absolute atomic E-state index is 0.0515. The smallest absolute Gasteiger partial charge is 0.337 e. The Kier molecular flexibility index (Phi) is 5.53. The van der Waals surface area contributed by atoms with Gasteiger partial charge < -0.3 is 10.1 Å². The minimum atomic E-state index is -0.516. The number of Topliss-reactive ketones (excluding diaryl/α,β-unsaturated/α-hetero) is 1. The maximum absolute atomic E-state index is 13.4. The van der Waals surface area contributed by atoms with Gasteiger partial charge in [-0.2, -0.15) is 0 Å². The van der Waals surface area contributed by atoms with Crippen molar-refractivity contribution in [3.8, 4) is 0 Å². The van der Waals surface area contributed by atoms with Gasteiger partial charge in [0.05, 0.1) is 23.3 Å². The molecule has 2 aromatic rings. The Morgan fingerprint density at radius 2 is 1.83 bits per heavy atom. The van der Waals surface area contributed by atoms with Gasteiger partial charge in [-0.25, -0.2) is 4.79 Å². The van der Waals surface area contributed by atoms with Crippen LogP contribution in [-0.2, 0) is 14.3 Å². The third kappa shape index (κ3) is 3.80. The molecule has 1 N–H and O–H groups in total. The lowest BCUT2D eigenvalue weighted by molar-refractivity contribution is -0.143. The molecule has 0 spiro atoms. The molecule has 154 valence electrons. The second-order valence-corrected chi connectivity index (χ2v) is 8.14. The van der Waals surface area contributed by atoms with E-state index in [1.165, 1.54) is 0 Å². The van der Waals surface area contributed by atoms with E-state index in [2.05, 4.69) is 22.4 Å². The van der Waals surface area contributed by atoms with Crippen LogP contribution >= 0.6 is 0 Å². The van der Waals surface area contributed by atoms with Gasteiger partial charge in [-0.15, -0.1) is 0 Å². The molecule has 0 saturated carbocycles. The molecule has 0 amide bonds. The summed E-state index contributed by atoms with van der Waals surface area (Å²) in [6, 6.07) is 15.7. The van der Waals surface area contributed by atoms with Crippen LogP contribution in [0.5, 0.6) is 0 Å². The van der Waals surface area contributed by atoms with E-state index < -0.39 is 11.9 Å². The monoisotopic (exact) mass is 402 g/mol. The van der Waals surface area contributed by atoms with E-state index in [4.69, 9.17) is 4.74 Å². The largest absolute Gasteiger partial charge is 0.460 e. The number of esters is 1. The number of rotatable bonds is 4. The molecular formula is C25H26N2O3. The van der Waals surface area contributed by atoms with Crippen LogP contribution in [0.3, 0.4) is 0 Å². The van der Waals surface area contributed by atoms with E-state index in [0.717, 1.165) is 23.4 Å². The summed E-state index contributed by atoms with van der Waals surface area (Å²) in [4.78, 5) is 30.9. The summed E-state index contributed by atoms with van der Waals surface area (Å²) in [7, 11) is 0. The highest BCUT2D eigenvalue weighted by Crippen LogP contribution is 2.45. The zero-order valence-electron chi connectivity index (χ0n) is 17.5. The molecule has 4 rings (SSSR count). The SMILES string of the molecule is CC1=C(C(=O)OC(C)C)[C@@H](c2ccccn2)C2=C(C[C@H](c3ccccc3)CC2=O)N1. The molecule has 1 aromatic heterocycles. The third-order valence-electron chi connectivity index (χ3n) is 5.64. The van der Waals surface area contributed by atoms with Crippen molar-refractivity contribution in [1.82, 2.24) is 10.3 Å². The van der Waals surface area contributed by atoms with Crippen LogP contribution in [0.4, 0.5) is 0 Å². The molecule has 5 heteroatoms. The van der Waals surface area contributed by atoms with Crippen LogP contribution in [0.2, 0.25) is 0 Å². The second kappa shape index (κ2) is 8.27. The average molecular weight is 402 g/mol. The predicted octanol–water partition coefficient (Wildman–Crippen LogP) is 4.39. The Morgan fingerprint density at radius 3 is 2.50 bits per heavy atom. The van der Waals surface area contributed by atoms with Gasteiger partial charge in [0.1, 0.15) is 0 Å². The molecule has 0 fully saturated rings. The van der Waals surface area contributed by atoms with Gasteiger partial charge in [-0.1, -0.05) is 36.4 Å². The van der Waals surface area contributed by atoms with Crippen LogP contribution in [-0.4, -0.2) is 22.8 Å². The number of carbonyl (C=O) groups excluding carboxylic acids is 2. The first kappa shape index (κ1) is 20.1. The Labute approximate surface area is 176 Å². The summed E-state index contributed by atoms with van der Waals surface area (Å²) in [5.41, 5.74) is 4.55. The van der Waals surface area contributed by atoms with Gasteiger partial charge in [-0.05, 0) is 50.8 Å². The number of pyridine rings is 1. The van der Waals surface area contributed by atoms with Crippen molar-refractivity contribution in [1.29, 1.82) is 0 Å². The van der Waals surface area contributed by atoms with E-state index in [0.29, 0.717) is 23.3 Å². The molecule has 0 radical (unpaired) electrons. The fourth-order valence-electron chi connectivity index (χ4n) is 4.39. The van der Waals surface area contributed by atoms with Crippen LogP contribution in [0, 0.1) is 0 Å². The summed E-state index contributed by atoms with van der Waals surface area (Å²) in [5, 5.41) is 3.36. The van der Waals surface area contributed by atoms with Crippen molar-refractivity contribution < 1.29 is 14.3 Å². The topological polar surface area (TPSA) is 68.3 Å². The number of carbonyl (C=O) groups is 2. The van der Waals surface area contributed by atoms with Crippen molar-refractivity contribution in [2.24, 2.45) is 0 Å². The first-order valence-electron chi connectivity index (χ1n) is 10.4. The molecule has 1 aliphatic carbocycles. The number of aromatic nitrogens is 1. The number of nitrogens with one attached hydrogen (secondary N) is 1. The fraction of sp³-hybridized carbons (Fsp3) is 0.320. The second-order valence-electron chi connectivity index (χ2n) is 8.14. The van der Waals surface area contributed by atoms with Crippen molar-refractivity contribution in [3.63, 3.8) is 0 Å². The quantitative estimate of drug-likeness (QED) is 0.768. The molecular weight excluding hydrogens is 376 g/mol. The van der Waals surface area contributed by atoms with E-state index >= 15 is 0 Å². The van der Waals surface area contributed by atoms with Gasteiger partial charge in [-0.3, -0.25) is 9.78 Å². The lowest BCUT2D eigenvalue weighted by Gasteiger charge is -2.36. The predicted molar refractivity (Wildman–Crippen MR) is 114 cm³/mol. The average Bonchev–Trinajstić information content (AvgIpc) is 2.73. The number of hydrogen-bond acceptors (Lipinski definition) is 5. The molecule has 1 aliphatic heterocycles. The number of allylic oxidation sites excluding steroid dienone is 3. The summed E-state index contributed by atoms with van der Waals surface area (Å²) in [6.07, 6.45) is 2.58. The Hall–Kier alpha value is -3.21. The molecule has 0 unspecified atom stereocenters. The van der Waals surface area contributed by atoms with Crippen LogP contribution in [0.15, 0.2) is 77.3 Å². The highest BCUT2D eigenvalue weighted by atomic mass is 16.5. The summed E-state index contributed by atoms with van der Waals surface area (Å²) in [5.74, 6) is -0.755. The van der Waals surface area contributed by atoms with Gasteiger partial charge in [0.25, 0.3) is 0 Å². The van der Waals surface area contributed by atoms with E-state index in [1.54, 1.807) is 6.20 Å². The third-order valence-corrected chi connectivity index (χ3v) is 5.64. The maximum Gasteiger partial charge on any atom is 0.337 e. The highest BCUT2D eigenvalue weighted by molar-refractivity contribution is 6.04. The van der Waals surface area contributed by atoms with Crippen molar-refractivity contribution in [2.45, 2.75) is 51.6 Å². The van der Waals surface area contributed by atoms with E-state index in [-0.39, 0.29) is 17.8 Å². The molecule has 2 aliphatic rings. The van der Waals surface area contributed by atoms with Crippen LogP contribution in [0.25, 0.3) is 0 Å². The normalized spacial score (nSPS) is 21.4. The van der Waals surface area contributed by atoms with Gasteiger partial charge in [0.15, 0.2) is 5.78 Å². The number of ether oxygens (including phenoxy) is 1. The zero-order chi connectivity index (χ0) is 21.3.